The largest absolute Gasteiger partial charge is 0.119 e. The van der Waals surface area contributed by atoms with Crippen LogP contribution in [0.25, 0.3) is 0 Å². The minimum Gasteiger partial charge on any atom is -0.103 e. The molecule has 0 rings (SSSR count). The molecule has 0 unspecified atom stereocenters. The molecule has 0 saturated carbocycles. The lowest BCUT2D eigenvalue weighted by Crippen LogP contribution is -2.01. The molecule has 0 aliphatic rings. The number of hydrogen-bond acceptors (Lipinski definition) is 0. The van der Waals surface area contributed by atoms with E-state index in [9.17, 15) is 0 Å². The first-order valence-electron chi connectivity index (χ1n) is 2.05. The van der Waals surface area contributed by atoms with E-state index >= 15 is 0 Å². The standard InChI is InChI=1S/C5H8Cl2/c1-3-4-5(2,6)7/h3H,1,4H2,2H3. The Kier molecular flexibility index (Phi) is 2.70. The van der Waals surface area contributed by atoms with Crippen molar-refractivity contribution in [2.75, 3.05) is 0 Å². The van der Waals surface area contributed by atoms with Crippen molar-refractivity contribution in [3.8, 4) is 0 Å². The van der Waals surface area contributed by atoms with Crippen LogP contribution in [0, 0.1) is 0 Å². The van der Waals surface area contributed by atoms with E-state index in [1.165, 1.54) is 0 Å². The number of hydrogen-bond donors (Lipinski definition) is 0. The third kappa shape index (κ3) is 6.32. The van der Waals surface area contributed by atoms with Gasteiger partial charge in [0, 0.05) is 0 Å². The molecule has 0 aromatic carbocycles. The van der Waals surface area contributed by atoms with Crippen LogP contribution >= 0.6 is 23.2 Å². The minimum atomic E-state index is -0.623. The van der Waals surface area contributed by atoms with Crippen LogP contribution in [0.4, 0.5) is 0 Å². The summed E-state index contributed by atoms with van der Waals surface area (Å²) in [6.07, 6.45) is 2.33. The number of allylic oxidation sites excluding steroid dienone is 1. The predicted molar refractivity (Wildman–Crippen MR) is 34.9 cm³/mol. The molecule has 0 fully saturated rings. The SMILES string of the molecule is C=CCC(C)(Cl)Cl. The molecule has 0 heterocycles. The lowest BCUT2D eigenvalue weighted by atomic mass is 10.3. The maximum absolute atomic E-state index is 5.53. The summed E-state index contributed by atoms with van der Waals surface area (Å²) in [5.41, 5.74) is 0. The summed E-state index contributed by atoms with van der Waals surface area (Å²) in [7, 11) is 0. The normalized spacial score (nSPS) is 11.3. The Labute approximate surface area is 54.1 Å². The molecule has 0 aliphatic heterocycles. The first-order chi connectivity index (χ1) is 3.06. The summed E-state index contributed by atoms with van der Waals surface area (Å²) >= 11 is 11.1. The van der Waals surface area contributed by atoms with Crippen molar-refractivity contribution in [1.29, 1.82) is 0 Å². The van der Waals surface area contributed by atoms with Crippen LogP contribution in [0.15, 0.2) is 12.7 Å². The van der Waals surface area contributed by atoms with Crippen molar-refractivity contribution in [2.45, 2.75) is 17.7 Å². The fourth-order valence-corrected chi connectivity index (χ4v) is 0.472. The highest BCUT2D eigenvalue weighted by atomic mass is 35.5. The van der Waals surface area contributed by atoms with Crippen molar-refractivity contribution in [3.05, 3.63) is 12.7 Å². The second kappa shape index (κ2) is 2.58. The van der Waals surface area contributed by atoms with Gasteiger partial charge in [-0.05, 0) is 13.3 Å². The van der Waals surface area contributed by atoms with E-state index in [1.54, 1.807) is 13.0 Å². The lowest BCUT2D eigenvalue weighted by molar-refractivity contribution is 0.885. The molecule has 0 aliphatic carbocycles. The van der Waals surface area contributed by atoms with E-state index in [4.69, 9.17) is 23.2 Å². The summed E-state index contributed by atoms with van der Waals surface area (Å²) in [6, 6.07) is 0. The van der Waals surface area contributed by atoms with Gasteiger partial charge in [0.25, 0.3) is 0 Å². The first-order valence-corrected chi connectivity index (χ1v) is 2.80. The summed E-state index contributed by atoms with van der Waals surface area (Å²) in [6.45, 7) is 5.21. The van der Waals surface area contributed by atoms with Gasteiger partial charge in [0.15, 0.2) is 0 Å². The van der Waals surface area contributed by atoms with Crippen molar-refractivity contribution < 1.29 is 0 Å². The van der Waals surface area contributed by atoms with Crippen LogP contribution < -0.4 is 0 Å². The zero-order chi connectivity index (χ0) is 5.91. The van der Waals surface area contributed by atoms with Crippen molar-refractivity contribution in [1.82, 2.24) is 0 Å². The van der Waals surface area contributed by atoms with Crippen LogP contribution in [0.3, 0.4) is 0 Å². The fraction of sp³-hybridized carbons (Fsp3) is 0.600. The molecular weight excluding hydrogens is 131 g/mol. The third-order valence-electron chi connectivity index (χ3n) is 0.503. The van der Waals surface area contributed by atoms with Gasteiger partial charge in [-0.3, -0.25) is 0 Å². The van der Waals surface area contributed by atoms with Crippen LogP contribution in [-0.2, 0) is 0 Å². The van der Waals surface area contributed by atoms with Gasteiger partial charge in [-0.25, -0.2) is 0 Å². The Bertz CT molecular complexity index is 61.0. The van der Waals surface area contributed by atoms with Gasteiger partial charge in [-0.1, -0.05) is 6.08 Å². The molecule has 0 aromatic heterocycles. The van der Waals surface area contributed by atoms with Crippen LogP contribution in [0.5, 0.6) is 0 Å². The molecule has 0 radical (unpaired) electrons. The number of rotatable bonds is 2. The monoisotopic (exact) mass is 138 g/mol. The van der Waals surface area contributed by atoms with Crippen molar-refractivity contribution >= 4 is 23.2 Å². The molecule has 7 heavy (non-hydrogen) atoms. The first kappa shape index (κ1) is 7.32. The van der Waals surface area contributed by atoms with Crippen molar-refractivity contribution in [3.63, 3.8) is 0 Å². The van der Waals surface area contributed by atoms with E-state index in [0.29, 0.717) is 6.42 Å². The topological polar surface area (TPSA) is 0 Å². The zero-order valence-corrected chi connectivity index (χ0v) is 5.76. The van der Waals surface area contributed by atoms with Gasteiger partial charge < -0.3 is 0 Å². The van der Waals surface area contributed by atoms with E-state index < -0.39 is 4.33 Å². The van der Waals surface area contributed by atoms with Gasteiger partial charge in [0.05, 0.1) is 0 Å². The summed E-state index contributed by atoms with van der Waals surface area (Å²) < 4.78 is -0.623. The maximum Gasteiger partial charge on any atom is 0.119 e. The van der Waals surface area contributed by atoms with Crippen molar-refractivity contribution in [2.24, 2.45) is 0 Å². The molecule has 0 N–H and O–H groups in total. The van der Waals surface area contributed by atoms with E-state index in [1.807, 2.05) is 0 Å². The van der Waals surface area contributed by atoms with Gasteiger partial charge in [-0.2, -0.15) is 0 Å². The lowest BCUT2D eigenvalue weighted by Gasteiger charge is -2.06. The number of halogens is 2. The average molecular weight is 139 g/mol. The highest BCUT2D eigenvalue weighted by molar-refractivity contribution is 6.48. The molecule has 0 bridgehead atoms. The summed E-state index contributed by atoms with van der Waals surface area (Å²) in [5, 5.41) is 0. The highest BCUT2D eigenvalue weighted by Crippen LogP contribution is 2.23. The van der Waals surface area contributed by atoms with Gasteiger partial charge in [-0.15, -0.1) is 29.8 Å². The summed E-state index contributed by atoms with van der Waals surface area (Å²) in [5.74, 6) is 0. The van der Waals surface area contributed by atoms with E-state index in [-0.39, 0.29) is 0 Å². The molecule has 2 heteroatoms. The maximum atomic E-state index is 5.53. The highest BCUT2D eigenvalue weighted by Gasteiger charge is 2.11. The number of alkyl halides is 2. The van der Waals surface area contributed by atoms with Gasteiger partial charge >= 0.3 is 0 Å². The predicted octanol–water partition coefficient (Wildman–Crippen LogP) is 2.76. The smallest absolute Gasteiger partial charge is 0.103 e. The minimum absolute atomic E-state index is 0.623. The van der Waals surface area contributed by atoms with Crippen LogP contribution in [-0.4, -0.2) is 4.33 Å². The van der Waals surface area contributed by atoms with Crippen LogP contribution in [0.2, 0.25) is 0 Å². The van der Waals surface area contributed by atoms with E-state index in [2.05, 4.69) is 6.58 Å². The average Bonchev–Trinajstić information content (AvgIpc) is 1.30. The van der Waals surface area contributed by atoms with E-state index in [0.717, 1.165) is 0 Å². The van der Waals surface area contributed by atoms with Gasteiger partial charge in [0.1, 0.15) is 4.33 Å². The second-order valence-corrected chi connectivity index (χ2v) is 3.42. The molecule has 0 spiro atoms. The molecule has 0 nitrogen and oxygen atoms in total. The Morgan fingerprint density at radius 3 is 2.14 bits per heavy atom. The van der Waals surface area contributed by atoms with Gasteiger partial charge in [0.2, 0.25) is 0 Å². The Morgan fingerprint density at radius 1 is 1.71 bits per heavy atom. The van der Waals surface area contributed by atoms with Crippen LogP contribution in [0.1, 0.15) is 13.3 Å². The molecule has 0 atom stereocenters. The molecule has 0 amide bonds. The molecule has 0 aromatic rings. The molecule has 42 valence electrons. The third-order valence-corrected chi connectivity index (χ3v) is 0.811. The fourth-order valence-electron chi connectivity index (χ4n) is 0.253. The Balaban J connectivity index is 3.34. The second-order valence-electron chi connectivity index (χ2n) is 1.56. The molecule has 0 saturated heterocycles. The Morgan fingerprint density at radius 2 is 2.14 bits per heavy atom. The molecular formula is C5H8Cl2. The summed E-state index contributed by atoms with van der Waals surface area (Å²) in [4.78, 5) is 0. The Hall–Kier alpha value is 0.320. The quantitative estimate of drug-likeness (QED) is 0.407. The zero-order valence-electron chi connectivity index (χ0n) is 4.25.